The van der Waals surface area contributed by atoms with E-state index in [0.29, 0.717) is 6.42 Å². The van der Waals surface area contributed by atoms with Crippen LogP contribution in [0.4, 0.5) is 0 Å². The molecule has 3 N–H and O–H groups in total. The van der Waals surface area contributed by atoms with Crippen molar-refractivity contribution in [3.63, 3.8) is 0 Å². The van der Waals surface area contributed by atoms with Gasteiger partial charge in [0.05, 0.1) is 0 Å². The monoisotopic (exact) mass is 189 g/mol. The van der Waals surface area contributed by atoms with Crippen molar-refractivity contribution < 1.29 is 9.90 Å². The Morgan fingerprint density at radius 3 is 2.60 bits per heavy atom. The molecule has 56 valence electrons. The first-order chi connectivity index (χ1) is 4.18. The summed E-state index contributed by atoms with van der Waals surface area (Å²) in [6.07, 6.45) is 2.48. The topological polar surface area (TPSA) is 63.3 Å². The summed E-state index contributed by atoms with van der Waals surface area (Å²) >= 11 is 1.60. The maximum atomic E-state index is 10.1. The van der Waals surface area contributed by atoms with E-state index in [-0.39, 0.29) is 37.7 Å². The Labute approximate surface area is 94.7 Å². The number of hydrogen-bond donors (Lipinski definition) is 2. The molecule has 0 saturated carbocycles. The van der Waals surface area contributed by atoms with Crippen LogP contribution in [-0.4, -0.2) is 66.9 Å². The molecule has 1 atom stereocenters. The van der Waals surface area contributed by atoms with Crippen molar-refractivity contribution in [2.24, 2.45) is 5.73 Å². The summed E-state index contributed by atoms with van der Waals surface area (Å²) in [7, 11) is 0. The van der Waals surface area contributed by atoms with Gasteiger partial charge >= 0.3 is 5.97 Å². The van der Waals surface area contributed by atoms with Crippen molar-refractivity contribution in [2.75, 3.05) is 12.0 Å². The van der Waals surface area contributed by atoms with E-state index in [9.17, 15) is 4.79 Å². The molecule has 0 spiro atoms. The maximum Gasteiger partial charge on any atom is 0.320 e. The Hall–Kier alpha value is 1.04. The van der Waals surface area contributed by atoms with Crippen LogP contribution >= 0.6 is 11.8 Å². The van der Waals surface area contributed by atoms with Crippen LogP contribution < -0.4 is 5.73 Å². The van der Waals surface area contributed by atoms with Gasteiger partial charge in [-0.1, -0.05) is 0 Å². The normalized spacial score (nSPS) is 11.8. The van der Waals surface area contributed by atoms with E-state index in [0.717, 1.165) is 5.75 Å². The molecule has 0 aromatic rings. The van der Waals surface area contributed by atoms with E-state index < -0.39 is 12.0 Å². The van der Waals surface area contributed by atoms with Gasteiger partial charge in [-0.3, -0.25) is 4.79 Å². The van der Waals surface area contributed by atoms with Gasteiger partial charge in [0.15, 0.2) is 0 Å². The fraction of sp³-hybridized carbons (Fsp3) is 0.800. The molecule has 0 bridgehead atoms. The van der Waals surface area contributed by atoms with Crippen LogP contribution in [0.5, 0.6) is 0 Å². The van der Waals surface area contributed by atoms with Crippen molar-refractivity contribution >= 4 is 55.5 Å². The van der Waals surface area contributed by atoms with Gasteiger partial charge in [-0.15, -0.1) is 0 Å². The van der Waals surface area contributed by atoms with Gasteiger partial charge in [0.1, 0.15) is 6.04 Å². The number of aliphatic carboxylic acids is 1. The first-order valence-corrected chi connectivity index (χ1v) is 4.05. The second-order valence-corrected chi connectivity index (χ2v) is 2.71. The molecule has 0 aromatic carbocycles. The quantitative estimate of drug-likeness (QED) is 0.600. The summed E-state index contributed by atoms with van der Waals surface area (Å²) in [4.78, 5) is 10.1. The average Bonchev–Trinajstić information content (AvgIpc) is 1.82. The largest absolute Gasteiger partial charge is 0.480 e. The third-order valence-corrected chi connectivity index (χ3v) is 1.59. The summed E-state index contributed by atoms with van der Waals surface area (Å²) in [6, 6.07) is -0.683. The van der Waals surface area contributed by atoms with E-state index in [1.165, 1.54) is 0 Å². The molecule has 0 aromatic heterocycles. The number of hydrogen-bond acceptors (Lipinski definition) is 3. The second-order valence-electron chi connectivity index (χ2n) is 1.73. The van der Waals surface area contributed by atoms with Crippen LogP contribution in [0.25, 0.3) is 0 Å². The molecule has 0 fully saturated rings. The van der Waals surface area contributed by atoms with Crippen molar-refractivity contribution in [1.29, 1.82) is 0 Å². The summed E-state index contributed by atoms with van der Waals surface area (Å²) in [6.45, 7) is 0. The fourth-order valence-electron chi connectivity index (χ4n) is 0.368. The molecule has 0 aliphatic rings. The zero-order valence-corrected chi connectivity index (χ0v) is 9.06. The Balaban J connectivity index is 0. The molecule has 0 aliphatic carbocycles. The maximum absolute atomic E-state index is 10.1. The minimum absolute atomic E-state index is 0. The molecular formula is C5H11CaNO2S. The van der Waals surface area contributed by atoms with E-state index in [4.69, 9.17) is 10.8 Å². The predicted octanol–water partition coefficient (Wildman–Crippen LogP) is -0.229. The Morgan fingerprint density at radius 2 is 2.30 bits per heavy atom. The van der Waals surface area contributed by atoms with Crippen molar-refractivity contribution in [3.8, 4) is 0 Å². The van der Waals surface area contributed by atoms with Crippen molar-refractivity contribution in [2.45, 2.75) is 12.5 Å². The molecular weight excluding hydrogens is 178 g/mol. The van der Waals surface area contributed by atoms with Gasteiger partial charge in [-0.25, -0.2) is 0 Å². The molecule has 0 heterocycles. The molecule has 0 rings (SSSR count). The standard InChI is InChI=1S/C5H11NO2S.Ca/c1-9-3-2-4(6)5(7)8;/h4H,2-3,6H2,1H3,(H,7,8);/t4-;/m0./s1. The molecule has 0 unspecified atom stereocenters. The summed E-state index contributed by atoms with van der Waals surface area (Å²) in [5.41, 5.74) is 5.19. The minimum Gasteiger partial charge on any atom is -0.480 e. The van der Waals surface area contributed by atoms with Gasteiger partial charge in [0.25, 0.3) is 0 Å². The van der Waals surface area contributed by atoms with E-state index in [2.05, 4.69) is 0 Å². The van der Waals surface area contributed by atoms with Crippen molar-refractivity contribution in [1.82, 2.24) is 0 Å². The summed E-state index contributed by atoms with van der Waals surface area (Å²) in [5, 5.41) is 8.27. The molecule has 3 nitrogen and oxygen atoms in total. The van der Waals surface area contributed by atoms with E-state index >= 15 is 0 Å². The van der Waals surface area contributed by atoms with Crippen molar-refractivity contribution in [3.05, 3.63) is 0 Å². The van der Waals surface area contributed by atoms with Gasteiger partial charge in [0, 0.05) is 37.7 Å². The molecule has 0 aliphatic heterocycles. The number of carboxylic acid groups (broad SMARTS) is 1. The molecule has 5 heteroatoms. The number of nitrogens with two attached hydrogens (primary N) is 1. The fourth-order valence-corrected chi connectivity index (χ4v) is 0.858. The predicted molar refractivity (Wildman–Crippen MR) is 44.4 cm³/mol. The average molecular weight is 189 g/mol. The van der Waals surface area contributed by atoms with Gasteiger partial charge in [-0.05, 0) is 18.4 Å². The van der Waals surface area contributed by atoms with Crippen LogP contribution in [0.15, 0.2) is 0 Å². The Kier molecular flexibility index (Phi) is 11.1. The van der Waals surface area contributed by atoms with Crippen LogP contribution in [0.1, 0.15) is 6.42 Å². The third-order valence-electron chi connectivity index (χ3n) is 0.950. The zero-order chi connectivity index (χ0) is 7.28. The number of carboxylic acids is 1. The number of thioether (sulfide) groups is 1. The summed E-state index contributed by atoms with van der Waals surface area (Å²) < 4.78 is 0. The molecule has 0 amide bonds. The van der Waals surface area contributed by atoms with Crippen LogP contribution in [0.3, 0.4) is 0 Å². The van der Waals surface area contributed by atoms with Crippen LogP contribution in [-0.2, 0) is 4.79 Å². The molecule has 10 heavy (non-hydrogen) atoms. The first kappa shape index (κ1) is 13.6. The van der Waals surface area contributed by atoms with Gasteiger partial charge in [-0.2, -0.15) is 11.8 Å². The second kappa shape index (κ2) is 8.14. The number of carbonyl (C=O) groups is 1. The van der Waals surface area contributed by atoms with E-state index in [1.54, 1.807) is 11.8 Å². The van der Waals surface area contributed by atoms with Gasteiger partial charge in [0.2, 0.25) is 0 Å². The SMILES string of the molecule is CSCC[C@H](N)C(=O)O.[Ca]. The number of rotatable bonds is 4. The first-order valence-electron chi connectivity index (χ1n) is 2.65. The summed E-state index contributed by atoms with van der Waals surface area (Å²) in [5.74, 6) is -0.1000. The van der Waals surface area contributed by atoms with E-state index in [1.807, 2.05) is 6.26 Å². The minimum atomic E-state index is -0.913. The third kappa shape index (κ3) is 7.15. The smallest absolute Gasteiger partial charge is 0.320 e. The van der Waals surface area contributed by atoms with Crippen LogP contribution in [0, 0.1) is 0 Å². The molecule has 0 saturated heterocycles. The Morgan fingerprint density at radius 1 is 1.80 bits per heavy atom. The Bertz CT molecular complexity index is 102. The van der Waals surface area contributed by atoms with Gasteiger partial charge < -0.3 is 10.8 Å². The zero-order valence-electron chi connectivity index (χ0n) is 6.04. The van der Waals surface area contributed by atoms with Crippen LogP contribution in [0.2, 0.25) is 0 Å². The molecule has 2 radical (unpaired) electrons.